The van der Waals surface area contributed by atoms with E-state index in [9.17, 15) is 9.90 Å². The number of aliphatic hydroxyl groups is 1. The zero-order valence-electron chi connectivity index (χ0n) is 15.7. The molecule has 2 aromatic carbocycles. The van der Waals surface area contributed by atoms with Gasteiger partial charge in [-0.3, -0.25) is 4.79 Å². The molecule has 2 aromatic rings. The second-order valence-electron chi connectivity index (χ2n) is 7.62. The molecule has 26 heavy (non-hydrogen) atoms. The molecule has 1 aliphatic rings. The number of ether oxygens (including phenoxy) is 1. The lowest BCUT2D eigenvalue weighted by molar-refractivity contribution is -0.135. The summed E-state index contributed by atoms with van der Waals surface area (Å²) in [4.78, 5) is 15.1. The zero-order chi connectivity index (χ0) is 18.7. The minimum Gasteiger partial charge on any atom is -0.497 e. The van der Waals surface area contributed by atoms with E-state index in [-0.39, 0.29) is 29.8 Å². The second kappa shape index (κ2) is 7.50. The van der Waals surface area contributed by atoms with Crippen LogP contribution in [0.25, 0.3) is 0 Å². The van der Waals surface area contributed by atoms with Crippen molar-refractivity contribution in [1.82, 2.24) is 4.90 Å². The van der Waals surface area contributed by atoms with E-state index in [4.69, 9.17) is 4.74 Å². The van der Waals surface area contributed by atoms with Gasteiger partial charge in [-0.1, -0.05) is 56.3 Å². The van der Waals surface area contributed by atoms with Crippen LogP contribution in [0.4, 0.5) is 0 Å². The first-order chi connectivity index (χ1) is 12.5. The summed E-state index contributed by atoms with van der Waals surface area (Å²) in [5.74, 6) is 0.852. The fraction of sp³-hybridized carbons (Fsp3) is 0.409. The van der Waals surface area contributed by atoms with E-state index in [1.165, 1.54) is 0 Å². The number of hydrogen-bond donors (Lipinski definition) is 1. The summed E-state index contributed by atoms with van der Waals surface area (Å²) in [7, 11) is 1.64. The second-order valence-corrected chi connectivity index (χ2v) is 7.62. The quantitative estimate of drug-likeness (QED) is 0.829. The van der Waals surface area contributed by atoms with E-state index in [0.717, 1.165) is 16.9 Å². The summed E-state index contributed by atoms with van der Waals surface area (Å²) < 4.78 is 5.21. The fourth-order valence-electron chi connectivity index (χ4n) is 3.74. The maximum absolute atomic E-state index is 13.2. The van der Waals surface area contributed by atoms with Crippen molar-refractivity contribution in [2.45, 2.75) is 26.9 Å². The normalized spacial score (nSPS) is 20.5. The Morgan fingerprint density at radius 3 is 2.12 bits per heavy atom. The van der Waals surface area contributed by atoms with E-state index < -0.39 is 0 Å². The first-order valence-corrected chi connectivity index (χ1v) is 9.04. The van der Waals surface area contributed by atoms with Crippen molar-refractivity contribution in [2.75, 3.05) is 13.7 Å². The van der Waals surface area contributed by atoms with Gasteiger partial charge in [0, 0.05) is 25.6 Å². The number of benzene rings is 2. The largest absolute Gasteiger partial charge is 0.497 e. The van der Waals surface area contributed by atoms with Crippen molar-refractivity contribution < 1.29 is 14.6 Å². The standard InChI is InChI=1S/C22H27NO3/c1-22(2)19(15-24)20(22)21(25)23(13-16-7-5-4-6-8-16)14-17-9-11-18(26-3)12-10-17/h4-12,19-20,24H,13-15H2,1-3H3/t19-,20-/m1/s1. The molecule has 0 heterocycles. The van der Waals surface area contributed by atoms with Gasteiger partial charge in [-0.2, -0.15) is 0 Å². The lowest BCUT2D eigenvalue weighted by atomic mass is 10.1. The number of nitrogens with zero attached hydrogens (tertiary/aromatic N) is 1. The van der Waals surface area contributed by atoms with Crippen molar-refractivity contribution in [3.8, 4) is 5.75 Å². The molecule has 1 fully saturated rings. The zero-order valence-corrected chi connectivity index (χ0v) is 15.7. The highest BCUT2D eigenvalue weighted by atomic mass is 16.5. The molecule has 1 aliphatic carbocycles. The van der Waals surface area contributed by atoms with Crippen LogP contribution in [0.3, 0.4) is 0 Å². The van der Waals surface area contributed by atoms with Crippen molar-refractivity contribution >= 4 is 5.91 Å². The molecule has 0 aliphatic heterocycles. The summed E-state index contributed by atoms with van der Waals surface area (Å²) in [6.45, 7) is 5.29. The smallest absolute Gasteiger partial charge is 0.227 e. The third kappa shape index (κ3) is 3.75. The molecule has 0 radical (unpaired) electrons. The average Bonchev–Trinajstić information content (AvgIpc) is 3.22. The monoisotopic (exact) mass is 353 g/mol. The van der Waals surface area contributed by atoms with Gasteiger partial charge in [-0.15, -0.1) is 0 Å². The highest BCUT2D eigenvalue weighted by Crippen LogP contribution is 2.58. The van der Waals surface area contributed by atoms with Crippen LogP contribution in [0, 0.1) is 17.3 Å². The molecule has 2 atom stereocenters. The molecule has 0 saturated heterocycles. The number of carbonyl (C=O) groups is 1. The van der Waals surface area contributed by atoms with Gasteiger partial charge >= 0.3 is 0 Å². The lowest BCUT2D eigenvalue weighted by Gasteiger charge is -2.24. The van der Waals surface area contributed by atoms with Gasteiger partial charge in [0.15, 0.2) is 0 Å². The Balaban J connectivity index is 1.80. The van der Waals surface area contributed by atoms with E-state index in [0.29, 0.717) is 13.1 Å². The van der Waals surface area contributed by atoms with Crippen LogP contribution in [0.15, 0.2) is 54.6 Å². The average molecular weight is 353 g/mol. The van der Waals surface area contributed by atoms with Crippen LogP contribution in [0.5, 0.6) is 5.75 Å². The van der Waals surface area contributed by atoms with Gasteiger partial charge in [0.25, 0.3) is 0 Å². The van der Waals surface area contributed by atoms with Gasteiger partial charge in [0.05, 0.1) is 7.11 Å². The summed E-state index contributed by atoms with van der Waals surface area (Å²) in [6, 6.07) is 17.8. The maximum atomic E-state index is 13.2. The minimum atomic E-state index is -0.138. The highest BCUT2D eigenvalue weighted by molar-refractivity contribution is 5.83. The fourth-order valence-corrected chi connectivity index (χ4v) is 3.74. The highest BCUT2D eigenvalue weighted by Gasteiger charge is 2.62. The molecule has 4 nitrogen and oxygen atoms in total. The topological polar surface area (TPSA) is 49.8 Å². The number of rotatable bonds is 7. The van der Waals surface area contributed by atoms with Crippen molar-refractivity contribution in [1.29, 1.82) is 0 Å². The van der Waals surface area contributed by atoms with Gasteiger partial charge in [0.2, 0.25) is 5.91 Å². The maximum Gasteiger partial charge on any atom is 0.227 e. The predicted molar refractivity (Wildman–Crippen MR) is 102 cm³/mol. The first-order valence-electron chi connectivity index (χ1n) is 9.04. The van der Waals surface area contributed by atoms with E-state index in [1.54, 1.807) is 7.11 Å². The summed E-state index contributed by atoms with van der Waals surface area (Å²) >= 11 is 0. The van der Waals surface area contributed by atoms with E-state index >= 15 is 0 Å². The molecule has 1 saturated carbocycles. The Bertz CT molecular complexity index is 740. The molecular weight excluding hydrogens is 326 g/mol. The Labute approximate surface area is 155 Å². The van der Waals surface area contributed by atoms with Crippen LogP contribution >= 0.6 is 0 Å². The molecule has 0 aromatic heterocycles. The van der Waals surface area contributed by atoms with Gasteiger partial charge in [-0.05, 0) is 34.6 Å². The third-order valence-corrected chi connectivity index (χ3v) is 5.57. The van der Waals surface area contributed by atoms with E-state index in [1.807, 2.05) is 59.5 Å². The molecule has 3 rings (SSSR count). The summed E-state index contributed by atoms with van der Waals surface area (Å²) in [6.07, 6.45) is 0. The third-order valence-electron chi connectivity index (χ3n) is 5.57. The van der Waals surface area contributed by atoms with Crippen LogP contribution in [0.1, 0.15) is 25.0 Å². The Morgan fingerprint density at radius 2 is 1.62 bits per heavy atom. The number of amides is 1. The molecular formula is C22H27NO3. The predicted octanol–water partition coefficient (Wildman–Crippen LogP) is 3.49. The van der Waals surface area contributed by atoms with Crippen molar-refractivity contribution in [3.05, 3.63) is 65.7 Å². The lowest BCUT2D eigenvalue weighted by Crippen LogP contribution is -2.32. The summed E-state index contributed by atoms with van der Waals surface area (Å²) in [5, 5.41) is 9.60. The van der Waals surface area contributed by atoms with Crippen LogP contribution in [-0.2, 0) is 17.9 Å². The van der Waals surface area contributed by atoms with Gasteiger partial charge in [-0.25, -0.2) is 0 Å². The number of aliphatic hydroxyl groups excluding tert-OH is 1. The van der Waals surface area contributed by atoms with E-state index in [2.05, 4.69) is 13.8 Å². The van der Waals surface area contributed by atoms with Gasteiger partial charge in [0.1, 0.15) is 5.75 Å². The molecule has 0 unspecified atom stereocenters. The molecule has 1 N–H and O–H groups in total. The van der Waals surface area contributed by atoms with Gasteiger partial charge < -0.3 is 14.7 Å². The number of hydrogen-bond acceptors (Lipinski definition) is 3. The Morgan fingerprint density at radius 1 is 1.04 bits per heavy atom. The minimum absolute atomic E-state index is 0.0455. The van der Waals surface area contributed by atoms with Crippen molar-refractivity contribution in [3.63, 3.8) is 0 Å². The first kappa shape index (κ1) is 18.5. The molecule has 138 valence electrons. The van der Waals surface area contributed by atoms with Crippen molar-refractivity contribution in [2.24, 2.45) is 17.3 Å². The molecule has 4 heteroatoms. The molecule has 0 spiro atoms. The molecule has 1 amide bonds. The van der Waals surface area contributed by atoms with Crippen LogP contribution in [0.2, 0.25) is 0 Å². The SMILES string of the molecule is COc1ccc(CN(Cc2ccccc2)C(=O)[C@H]2[C@@H](CO)C2(C)C)cc1. The molecule has 0 bridgehead atoms. The Kier molecular flexibility index (Phi) is 5.33. The van der Waals surface area contributed by atoms with Crippen LogP contribution < -0.4 is 4.74 Å². The summed E-state index contributed by atoms with van der Waals surface area (Å²) in [5.41, 5.74) is 2.03. The number of methoxy groups -OCH3 is 1. The van der Waals surface area contributed by atoms with Crippen LogP contribution in [-0.4, -0.2) is 29.6 Å². The number of carbonyl (C=O) groups excluding carboxylic acids is 1. The Hall–Kier alpha value is -2.33.